The van der Waals surface area contributed by atoms with E-state index >= 15 is 0 Å². The van der Waals surface area contributed by atoms with Crippen LogP contribution in [0.1, 0.15) is 10.4 Å². The maximum atomic E-state index is 5.65. The van der Waals surface area contributed by atoms with Crippen molar-refractivity contribution in [2.24, 2.45) is 0 Å². The first-order valence-corrected chi connectivity index (χ1v) is 6.65. The highest BCUT2D eigenvalue weighted by atomic mass is 32.1. The smallest absolute Gasteiger partial charge is 0.119 e. The van der Waals surface area contributed by atoms with Gasteiger partial charge >= 0.3 is 0 Å². The van der Waals surface area contributed by atoms with Crippen LogP contribution < -0.4 is 10.1 Å². The van der Waals surface area contributed by atoms with Crippen LogP contribution >= 0.6 is 11.3 Å². The van der Waals surface area contributed by atoms with E-state index in [-0.39, 0.29) is 0 Å². The van der Waals surface area contributed by atoms with Gasteiger partial charge in [-0.05, 0) is 36.1 Å². The van der Waals surface area contributed by atoms with Crippen molar-refractivity contribution in [2.45, 2.75) is 13.5 Å². The average Bonchev–Trinajstić information content (AvgIpc) is 2.82. The molecule has 1 heterocycles. The fourth-order valence-corrected chi connectivity index (χ4v) is 2.25. The van der Waals surface area contributed by atoms with E-state index < -0.39 is 0 Å². The highest BCUT2D eigenvalue weighted by Crippen LogP contribution is 2.12. The second-order valence-corrected chi connectivity index (χ2v) is 4.95. The summed E-state index contributed by atoms with van der Waals surface area (Å²) < 4.78 is 5.65. The van der Waals surface area contributed by atoms with E-state index in [1.807, 2.05) is 12.1 Å². The van der Waals surface area contributed by atoms with Crippen molar-refractivity contribution in [1.82, 2.24) is 5.32 Å². The molecule has 0 saturated carbocycles. The lowest BCUT2D eigenvalue weighted by molar-refractivity contribution is 0.313. The molecule has 2 rings (SSSR count). The van der Waals surface area contributed by atoms with Crippen LogP contribution in [0.15, 0.2) is 41.8 Å². The monoisotopic (exact) mass is 247 g/mol. The number of rotatable bonds is 6. The predicted molar refractivity (Wildman–Crippen MR) is 72.7 cm³/mol. The van der Waals surface area contributed by atoms with Gasteiger partial charge in [0.15, 0.2) is 0 Å². The number of benzene rings is 1. The molecular weight excluding hydrogens is 230 g/mol. The van der Waals surface area contributed by atoms with Gasteiger partial charge in [0, 0.05) is 18.0 Å². The molecule has 90 valence electrons. The van der Waals surface area contributed by atoms with Gasteiger partial charge in [0.05, 0.1) is 0 Å². The third-order valence-electron chi connectivity index (χ3n) is 2.42. The Morgan fingerprint density at radius 3 is 2.94 bits per heavy atom. The SMILES string of the molecule is Cc1cccc(OCCNCc2cccs2)c1. The van der Waals surface area contributed by atoms with E-state index in [0.717, 1.165) is 18.8 Å². The maximum absolute atomic E-state index is 5.65. The zero-order chi connectivity index (χ0) is 11.9. The molecular formula is C14H17NOS. The van der Waals surface area contributed by atoms with Crippen molar-refractivity contribution in [1.29, 1.82) is 0 Å². The Hall–Kier alpha value is -1.32. The van der Waals surface area contributed by atoms with E-state index in [1.54, 1.807) is 11.3 Å². The lowest BCUT2D eigenvalue weighted by Gasteiger charge is -2.07. The zero-order valence-corrected chi connectivity index (χ0v) is 10.8. The molecule has 0 radical (unpaired) electrons. The average molecular weight is 247 g/mol. The van der Waals surface area contributed by atoms with Crippen molar-refractivity contribution in [3.8, 4) is 5.75 Å². The lowest BCUT2D eigenvalue weighted by atomic mass is 10.2. The Labute approximate surface area is 106 Å². The summed E-state index contributed by atoms with van der Waals surface area (Å²) in [5.41, 5.74) is 1.23. The molecule has 2 nitrogen and oxygen atoms in total. The second kappa shape index (κ2) is 6.42. The highest BCUT2D eigenvalue weighted by molar-refractivity contribution is 7.09. The summed E-state index contributed by atoms with van der Waals surface area (Å²) in [6.07, 6.45) is 0. The molecule has 17 heavy (non-hydrogen) atoms. The highest BCUT2D eigenvalue weighted by Gasteiger charge is 1.95. The molecule has 3 heteroatoms. The van der Waals surface area contributed by atoms with Crippen LogP contribution in [0.25, 0.3) is 0 Å². The minimum atomic E-state index is 0.703. The Kier molecular flexibility index (Phi) is 4.59. The maximum Gasteiger partial charge on any atom is 0.119 e. The molecule has 1 aromatic carbocycles. The van der Waals surface area contributed by atoms with Crippen molar-refractivity contribution in [3.05, 3.63) is 52.2 Å². The van der Waals surface area contributed by atoms with Crippen LogP contribution in [0.4, 0.5) is 0 Å². The Bertz CT molecular complexity index is 439. The molecule has 0 spiro atoms. The normalized spacial score (nSPS) is 10.4. The number of aryl methyl sites for hydroxylation is 1. The lowest BCUT2D eigenvalue weighted by Crippen LogP contribution is -2.20. The fraction of sp³-hybridized carbons (Fsp3) is 0.286. The van der Waals surface area contributed by atoms with Crippen molar-refractivity contribution >= 4 is 11.3 Å². The summed E-state index contributed by atoms with van der Waals surface area (Å²) in [5, 5.41) is 5.46. The van der Waals surface area contributed by atoms with Gasteiger partial charge in [-0.15, -0.1) is 11.3 Å². The second-order valence-electron chi connectivity index (χ2n) is 3.92. The van der Waals surface area contributed by atoms with E-state index in [2.05, 4.69) is 41.9 Å². The quantitative estimate of drug-likeness (QED) is 0.791. The number of hydrogen-bond donors (Lipinski definition) is 1. The summed E-state index contributed by atoms with van der Waals surface area (Å²) >= 11 is 1.78. The number of hydrogen-bond acceptors (Lipinski definition) is 3. The van der Waals surface area contributed by atoms with Crippen molar-refractivity contribution < 1.29 is 4.74 Å². The van der Waals surface area contributed by atoms with Gasteiger partial charge in [0.25, 0.3) is 0 Å². The van der Waals surface area contributed by atoms with Gasteiger partial charge in [0.2, 0.25) is 0 Å². The third kappa shape index (κ3) is 4.21. The molecule has 0 fully saturated rings. The number of nitrogens with one attached hydrogen (secondary N) is 1. The third-order valence-corrected chi connectivity index (χ3v) is 3.29. The summed E-state index contributed by atoms with van der Waals surface area (Å²) in [6.45, 7) is 4.57. The first kappa shape index (κ1) is 12.1. The van der Waals surface area contributed by atoms with Crippen LogP contribution in [-0.4, -0.2) is 13.2 Å². The summed E-state index contributed by atoms with van der Waals surface area (Å²) in [7, 11) is 0. The van der Waals surface area contributed by atoms with Crippen LogP contribution in [0, 0.1) is 6.92 Å². The molecule has 0 bridgehead atoms. The van der Waals surface area contributed by atoms with Gasteiger partial charge < -0.3 is 10.1 Å². The van der Waals surface area contributed by atoms with Gasteiger partial charge in [-0.25, -0.2) is 0 Å². The molecule has 0 saturated heterocycles. The summed E-state index contributed by atoms with van der Waals surface area (Å²) in [6, 6.07) is 12.3. The largest absolute Gasteiger partial charge is 0.492 e. The molecule has 1 aromatic heterocycles. The van der Waals surface area contributed by atoms with Crippen LogP contribution in [-0.2, 0) is 6.54 Å². The van der Waals surface area contributed by atoms with E-state index in [9.17, 15) is 0 Å². The molecule has 0 atom stereocenters. The zero-order valence-electron chi connectivity index (χ0n) is 9.98. The minimum absolute atomic E-state index is 0.703. The van der Waals surface area contributed by atoms with Gasteiger partial charge in [-0.1, -0.05) is 18.2 Å². The van der Waals surface area contributed by atoms with Crippen molar-refractivity contribution in [3.63, 3.8) is 0 Å². The molecule has 2 aromatic rings. The Morgan fingerprint density at radius 2 is 2.18 bits per heavy atom. The molecule has 0 aliphatic heterocycles. The standard InChI is InChI=1S/C14H17NOS/c1-12-4-2-5-13(10-12)16-8-7-15-11-14-6-3-9-17-14/h2-6,9-10,15H,7-8,11H2,1H3. The van der Waals surface area contributed by atoms with Gasteiger partial charge in [-0.3, -0.25) is 0 Å². The summed E-state index contributed by atoms with van der Waals surface area (Å²) in [5.74, 6) is 0.947. The van der Waals surface area contributed by atoms with Crippen LogP contribution in [0.3, 0.4) is 0 Å². The summed E-state index contributed by atoms with van der Waals surface area (Å²) in [4.78, 5) is 1.36. The Balaban J connectivity index is 1.63. The first-order chi connectivity index (χ1) is 8.34. The molecule has 0 unspecified atom stereocenters. The first-order valence-electron chi connectivity index (χ1n) is 5.77. The molecule has 0 amide bonds. The van der Waals surface area contributed by atoms with Gasteiger partial charge in [-0.2, -0.15) is 0 Å². The predicted octanol–water partition coefficient (Wildman–Crippen LogP) is 3.23. The van der Waals surface area contributed by atoms with Crippen LogP contribution in [0.5, 0.6) is 5.75 Å². The topological polar surface area (TPSA) is 21.3 Å². The van der Waals surface area contributed by atoms with E-state index in [0.29, 0.717) is 6.61 Å². The molecule has 0 aliphatic rings. The number of thiophene rings is 1. The molecule has 0 aliphatic carbocycles. The van der Waals surface area contributed by atoms with Crippen molar-refractivity contribution in [2.75, 3.05) is 13.2 Å². The Morgan fingerprint density at radius 1 is 1.24 bits per heavy atom. The number of ether oxygens (including phenoxy) is 1. The minimum Gasteiger partial charge on any atom is -0.492 e. The van der Waals surface area contributed by atoms with Gasteiger partial charge in [0.1, 0.15) is 12.4 Å². The molecule has 1 N–H and O–H groups in total. The van der Waals surface area contributed by atoms with E-state index in [1.165, 1.54) is 10.4 Å². The fourth-order valence-electron chi connectivity index (χ4n) is 1.57. The van der Waals surface area contributed by atoms with E-state index in [4.69, 9.17) is 4.74 Å². The van der Waals surface area contributed by atoms with Crippen LogP contribution in [0.2, 0.25) is 0 Å².